The van der Waals surface area contributed by atoms with Crippen LogP contribution in [0.25, 0.3) is 0 Å². The molecule has 110 valence electrons. The Hall–Kier alpha value is -2.10. The van der Waals surface area contributed by atoms with Crippen LogP contribution in [0.15, 0.2) is 22.7 Å². The first-order valence-corrected chi connectivity index (χ1v) is 7.34. The number of aliphatic hydroxyl groups is 1. The van der Waals surface area contributed by atoms with Gasteiger partial charge in [-0.2, -0.15) is 0 Å². The molecule has 0 spiro atoms. The Labute approximate surface area is 127 Å². The van der Waals surface area contributed by atoms with Crippen LogP contribution in [0.2, 0.25) is 0 Å². The van der Waals surface area contributed by atoms with Crippen molar-refractivity contribution in [1.82, 2.24) is 10.3 Å². The third-order valence-electron chi connectivity index (χ3n) is 2.64. The summed E-state index contributed by atoms with van der Waals surface area (Å²) in [6.45, 7) is 3.67. The van der Waals surface area contributed by atoms with Crippen LogP contribution >= 0.6 is 11.3 Å². The van der Waals surface area contributed by atoms with E-state index in [1.165, 1.54) is 11.3 Å². The molecule has 21 heavy (non-hydrogen) atoms. The normalized spacial score (nSPS) is 11.6. The number of aliphatic hydroxyl groups excluding tert-OH is 1. The summed E-state index contributed by atoms with van der Waals surface area (Å²) in [4.78, 5) is 17.6. The molecule has 0 aliphatic heterocycles. The Balaban J connectivity index is 1.99. The van der Waals surface area contributed by atoms with Crippen LogP contribution in [0.5, 0.6) is 0 Å². The first-order chi connectivity index (χ1) is 10.1. The maximum absolute atomic E-state index is 12.1. The second kappa shape index (κ2) is 7.07. The van der Waals surface area contributed by atoms with E-state index in [0.717, 1.165) is 4.88 Å². The Morgan fingerprint density at radius 2 is 2.38 bits per heavy atom. The average Bonchev–Trinajstić information content (AvgIpc) is 3.08. The lowest BCUT2D eigenvalue weighted by Gasteiger charge is -2.08. The van der Waals surface area contributed by atoms with E-state index in [4.69, 9.17) is 9.52 Å². The number of aromatic nitrogens is 1. The second-order valence-corrected chi connectivity index (χ2v) is 5.53. The quantitative estimate of drug-likeness (QED) is 0.850. The molecule has 0 saturated heterocycles. The molecular weight excluding hydrogens is 288 g/mol. The summed E-state index contributed by atoms with van der Waals surface area (Å²) in [6.07, 6.45) is 2.05. The van der Waals surface area contributed by atoms with Gasteiger partial charge in [0.1, 0.15) is 11.8 Å². The fourth-order valence-corrected chi connectivity index (χ4v) is 2.42. The molecule has 2 aromatic heterocycles. The zero-order valence-corrected chi connectivity index (χ0v) is 12.7. The van der Waals surface area contributed by atoms with Gasteiger partial charge in [-0.15, -0.1) is 11.3 Å². The number of hydrogen-bond donors (Lipinski definition) is 2. The Bertz CT molecular complexity index is 678. The predicted octanol–water partition coefficient (Wildman–Crippen LogP) is 2.27. The molecule has 2 N–H and O–H groups in total. The van der Waals surface area contributed by atoms with E-state index >= 15 is 0 Å². The molecule has 0 bridgehead atoms. The van der Waals surface area contributed by atoms with Crippen molar-refractivity contribution >= 4 is 17.2 Å². The largest absolute Gasteiger partial charge is 0.444 e. The van der Waals surface area contributed by atoms with Crippen molar-refractivity contribution in [2.24, 2.45) is 0 Å². The van der Waals surface area contributed by atoms with Gasteiger partial charge in [-0.25, -0.2) is 4.98 Å². The van der Waals surface area contributed by atoms with Crippen molar-refractivity contribution in [2.45, 2.75) is 26.3 Å². The van der Waals surface area contributed by atoms with Gasteiger partial charge in [-0.05, 0) is 26.0 Å². The standard InChI is InChI=1S/C15H16N2O3S/c1-10-9-16-15(20-10)11(2)17-14(19)13-7-6-12(21-13)5-3-4-8-18/h6-7,9,11,18H,4,8H2,1-2H3,(H,17,19). The number of rotatable bonds is 4. The van der Waals surface area contributed by atoms with Crippen molar-refractivity contribution in [3.8, 4) is 11.8 Å². The van der Waals surface area contributed by atoms with Gasteiger partial charge in [0.05, 0.1) is 22.6 Å². The van der Waals surface area contributed by atoms with Gasteiger partial charge in [-0.3, -0.25) is 4.79 Å². The molecule has 6 heteroatoms. The van der Waals surface area contributed by atoms with E-state index in [0.29, 0.717) is 22.9 Å². The Morgan fingerprint density at radius 3 is 3.05 bits per heavy atom. The van der Waals surface area contributed by atoms with Gasteiger partial charge in [-0.1, -0.05) is 11.8 Å². The zero-order valence-electron chi connectivity index (χ0n) is 11.8. The number of oxazole rings is 1. The SMILES string of the molecule is Cc1cnc(C(C)NC(=O)c2ccc(C#CCCO)s2)o1. The smallest absolute Gasteiger partial charge is 0.262 e. The summed E-state index contributed by atoms with van der Waals surface area (Å²) in [5.41, 5.74) is 0. The molecule has 0 aliphatic rings. The fraction of sp³-hybridized carbons (Fsp3) is 0.333. The van der Waals surface area contributed by atoms with Crippen LogP contribution in [-0.2, 0) is 0 Å². The summed E-state index contributed by atoms with van der Waals surface area (Å²) >= 11 is 1.32. The third-order valence-corrected chi connectivity index (χ3v) is 3.63. The van der Waals surface area contributed by atoms with E-state index in [2.05, 4.69) is 22.1 Å². The van der Waals surface area contributed by atoms with Gasteiger partial charge in [0.15, 0.2) is 0 Å². The highest BCUT2D eigenvalue weighted by atomic mass is 32.1. The highest BCUT2D eigenvalue weighted by Gasteiger charge is 2.16. The highest BCUT2D eigenvalue weighted by molar-refractivity contribution is 7.14. The maximum Gasteiger partial charge on any atom is 0.262 e. The van der Waals surface area contributed by atoms with Crippen LogP contribution in [0.3, 0.4) is 0 Å². The van der Waals surface area contributed by atoms with E-state index in [9.17, 15) is 4.79 Å². The minimum atomic E-state index is -0.294. The fourth-order valence-electron chi connectivity index (χ4n) is 1.63. The molecule has 2 heterocycles. The lowest BCUT2D eigenvalue weighted by Crippen LogP contribution is -2.26. The number of thiophene rings is 1. The molecule has 1 amide bonds. The van der Waals surface area contributed by atoms with Gasteiger partial charge >= 0.3 is 0 Å². The lowest BCUT2D eigenvalue weighted by molar-refractivity contribution is 0.0938. The molecule has 2 aromatic rings. The number of nitrogens with zero attached hydrogens (tertiary/aromatic N) is 1. The van der Waals surface area contributed by atoms with E-state index in [1.807, 2.05) is 13.8 Å². The molecule has 0 aliphatic carbocycles. The summed E-state index contributed by atoms with van der Waals surface area (Å²) in [7, 11) is 0. The molecule has 0 saturated carbocycles. The molecule has 0 aromatic carbocycles. The zero-order chi connectivity index (χ0) is 15.2. The van der Waals surface area contributed by atoms with E-state index in [-0.39, 0.29) is 18.6 Å². The summed E-state index contributed by atoms with van der Waals surface area (Å²) in [5, 5.41) is 11.5. The van der Waals surface area contributed by atoms with Gasteiger partial charge < -0.3 is 14.8 Å². The Morgan fingerprint density at radius 1 is 1.57 bits per heavy atom. The lowest BCUT2D eigenvalue weighted by atomic mass is 10.3. The van der Waals surface area contributed by atoms with Crippen LogP contribution in [0, 0.1) is 18.8 Å². The van der Waals surface area contributed by atoms with Crippen molar-refractivity contribution < 1.29 is 14.3 Å². The monoisotopic (exact) mass is 304 g/mol. The Kier molecular flexibility index (Phi) is 5.14. The number of nitrogens with one attached hydrogen (secondary N) is 1. The molecule has 0 fully saturated rings. The first kappa shape index (κ1) is 15.3. The first-order valence-electron chi connectivity index (χ1n) is 6.53. The van der Waals surface area contributed by atoms with Crippen molar-refractivity contribution in [2.75, 3.05) is 6.61 Å². The molecule has 0 radical (unpaired) electrons. The molecule has 1 atom stereocenters. The molecule has 2 rings (SSSR count). The van der Waals surface area contributed by atoms with E-state index < -0.39 is 0 Å². The van der Waals surface area contributed by atoms with Crippen molar-refractivity contribution in [3.05, 3.63) is 39.7 Å². The van der Waals surface area contributed by atoms with Crippen molar-refractivity contribution in [1.29, 1.82) is 0 Å². The number of carbonyl (C=O) groups is 1. The van der Waals surface area contributed by atoms with Crippen LogP contribution < -0.4 is 5.32 Å². The van der Waals surface area contributed by atoms with Crippen LogP contribution in [0.1, 0.15) is 45.6 Å². The molecule has 1 unspecified atom stereocenters. The number of amides is 1. The molecule has 5 nitrogen and oxygen atoms in total. The topological polar surface area (TPSA) is 75.4 Å². The third kappa shape index (κ3) is 4.18. The van der Waals surface area contributed by atoms with Crippen molar-refractivity contribution in [3.63, 3.8) is 0 Å². The summed E-state index contributed by atoms with van der Waals surface area (Å²) in [6, 6.07) is 3.23. The van der Waals surface area contributed by atoms with Crippen LogP contribution in [0.4, 0.5) is 0 Å². The second-order valence-electron chi connectivity index (χ2n) is 4.44. The van der Waals surface area contributed by atoms with Crippen LogP contribution in [-0.4, -0.2) is 22.6 Å². The maximum atomic E-state index is 12.1. The minimum absolute atomic E-state index is 0.0405. The number of hydrogen-bond acceptors (Lipinski definition) is 5. The summed E-state index contributed by atoms with van der Waals surface area (Å²) < 4.78 is 5.38. The minimum Gasteiger partial charge on any atom is -0.444 e. The molecular formula is C15H16N2O3S. The average molecular weight is 304 g/mol. The van der Waals surface area contributed by atoms with Gasteiger partial charge in [0.2, 0.25) is 5.89 Å². The summed E-state index contributed by atoms with van der Waals surface area (Å²) in [5.74, 6) is 6.75. The van der Waals surface area contributed by atoms with E-state index in [1.54, 1.807) is 18.3 Å². The highest BCUT2D eigenvalue weighted by Crippen LogP contribution is 2.18. The van der Waals surface area contributed by atoms with Gasteiger partial charge in [0, 0.05) is 6.42 Å². The van der Waals surface area contributed by atoms with Gasteiger partial charge in [0.25, 0.3) is 5.91 Å². The predicted molar refractivity (Wildman–Crippen MR) is 80.0 cm³/mol. The number of aryl methyl sites for hydroxylation is 1. The number of carbonyl (C=O) groups excluding carboxylic acids is 1.